The van der Waals surface area contributed by atoms with Crippen LogP contribution in [0.2, 0.25) is 0 Å². The fraction of sp³-hybridized carbons (Fsp3) is 0.333. The van der Waals surface area contributed by atoms with Gasteiger partial charge in [-0.15, -0.1) is 0 Å². The molecule has 0 unspecified atom stereocenters. The van der Waals surface area contributed by atoms with Gasteiger partial charge in [-0.1, -0.05) is 48.5 Å². The second kappa shape index (κ2) is 8.63. The number of likely N-dealkylation sites (tertiary alicyclic amines) is 1. The highest BCUT2D eigenvalue weighted by Gasteiger charge is 2.27. The number of hydrogen-bond acceptors (Lipinski definition) is 2. The van der Waals surface area contributed by atoms with Gasteiger partial charge in [0.15, 0.2) is 6.54 Å². The molecule has 0 atom stereocenters. The van der Waals surface area contributed by atoms with Gasteiger partial charge in [-0.05, 0) is 23.6 Å². The predicted octanol–water partition coefficient (Wildman–Crippen LogP) is 0.996. The van der Waals surface area contributed by atoms with Gasteiger partial charge in [0.25, 0.3) is 5.91 Å². The van der Waals surface area contributed by atoms with Crippen LogP contribution in [-0.2, 0) is 16.0 Å². The van der Waals surface area contributed by atoms with Gasteiger partial charge in [0.2, 0.25) is 5.91 Å². The summed E-state index contributed by atoms with van der Waals surface area (Å²) in [5, 5.41) is 3.06. The third-order valence-corrected chi connectivity index (χ3v) is 5.03. The van der Waals surface area contributed by atoms with Crippen molar-refractivity contribution in [3.8, 4) is 0 Å². The molecule has 4 N–H and O–H groups in total. The lowest BCUT2D eigenvalue weighted by Gasteiger charge is -2.27. The summed E-state index contributed by atoms with van der Waals surface area (Å²) in [6, 6.07) is 18.2. The molecule has 2 aromatic carbocycles. The minimum absolute atomic E-state index is 0.0121. The third kappa shape index (κ3) is 4.92. The minimum Gasteiger partial charge on any atom is -0.369 e. The number of rotatable bonds is 6. The Morgan fingerprint density at radius 3 is 2.35 bits per heavy atom. The van der Waals surface area contributed by atoms with Crippen molar-refractivity contribution in [1.82, 2.24) is 0 Å². The number of nitrogens with two attached hydrogens (primary N) is 1. The molecule has 3 rings (SSSR count). The minimum atomic E-state index is -0.219. The zero-order valence-electron chi connectivity index (χ0n) is 14.9. The van der Waals surface area contributed by atoms with Crippen molar-refractivity contribution in [3.05, 3.63) is 65.7 Å². The van der Waals surface area contributed by atoms with E-state index in [1.165, 1.54) is 10.5 Å². The highest BCUT2D eigenvalue weighted by atomic mass is 16.2. The molecule has 26 heavy (non-hydrogen) atoms. The molecule has 136 valence electrons. The first-order chi connectivity index (χ1) is 12.6. The molecule has 1 fully saturated rings. The molecule has 0 aromatic heterocycles. The van der Waals surface area contributed by atoms with Crippen LogP contribution in [0.4, 0.5) is 5.69 Å². The van der Waals surface area contributed by atoms with Crippen molar-refractivity contribution < 1.29 is 14.5 Å². The first kappa shape index (κ1) is 18.1. The number of carbonyl (C=O) groups excluding carboxylic acids is 2. The number of quaternary nitrogens is 1. The van der Waals surface area contributed by atoms with Crippen LogP contribution >= 0.6 is 0 Å². The van der Waals surface area contributed by atoms with Crippen molar-refractivity contribution in [2.45, 2.75) is 19.3 Å². The Morgan fingerprint density at radius 2 is 1.65 bits per heavy atom. The molecular weight excluding hydrogens is 326 g/mol. The van der Waals surface area contributed by atoms with E-state index in [1.54, 1.807) is 0 Å². The lowest BCUT2D eigenvalue weighted by Crippen LogP contribution is -3.14. The summed E-state index contributed by atoms with van der Waals surface area (Å²) in [5.74, 6) is -0.241. The molecule has 1 aliphatic heterocycles. The monoisotopic (exact) mass is 352 g/mol. The molecule has 0 bridgehead atoms. The molecule has 0 radical (unpaired) electrons. The van der Waals surface area contributed by atoms with E-state index in [-0.39, 0.29) is 17.7 Å². The lowest BCUT2D eigenvalue weighted by atomic mass is 9.96. The van der Waals surface area contributed by atoms with Gasteiger partial charge in [0.1, 0.15) is 0 Å². The summed E-state index contributed by atoms with van der Waals surface area (Å²) < 4.78 is 0. The average Bonchev–Trinajstić information content (AvgIpc) is 2.64. The maximum absolute atomic E-state index is 12.5. The summed E-state index contributed by atoms with van der Waals surface area (Å²) >= 11 is 0. The Bertz CT molecular complexity index is 753. The summed E-state index contributed by atoms with van der Waals surface area (Å²) in [7, 11) is 0. The highest BCUT2D eigenvalue weighted by molar-refractivity contribution is 5.92. The number of piperidine rings is 1. The average molecular weight is 352 g/mol. The maximum atomic E-state index is 12.5. The largest absolute Gasteiger partial charge is 0.369 e. The summed E-state index contributed by atoms with van der Waals surface area (Å²) in [6.07, 6.45) is 2.32. The Morgan fingerprint density at radius 1 is 1.00 bits per heavy atom. The number of carbonyl (C=O) groups is 2. The van der Waals surface area contributed by atoms with Crippen molar-refractivity contribution in [2.24, 2.45) is 11.7 Å². The van der Waals surface area contributed by atoms with E-state index >= 15 is 0 Å². The summed E-state index contributed by atoms with van der Waals surface area (Å²) in [4.78, 5) is 24.9. The van der Waals surface area contributed by atoms with E-state index in [9.17, 15) is 9.59 Å². The first-order valence-corrected chi connectivity index (χ1v) is 9.16. The Balaban J connectivity index is 1.57. The van der Waals surface area contributed by atoms with E-state index in [0.29, 0.717) is 6.54 Å². The van der Waals surface area contributed by atoms with Crippen LogP contribution in [0.15, 0.2) is 54.6 Å². The standard InChI is InChI=1S/C21H25N3O2/c22-21(26)17-10-12-24(13-11-17)15-20(25)23-19-9-5-4-8-18(19)14-16-6-2-1-3-7-16/h1-9,17H,10-15H2,(H2,22,26)(H,23,25)/p+1. The van der Waals surface area contributed by atoms with Gasteiger partial charge in [0, 0.05) is 24.4 Å². The van der Waals surface area contributed by atoms with Crippen LogP contribution in [0, 0.1) is 5.92 Å². The number of amides is 2. The molecule has 1 heterocycles. The molecule has 5 nitrogen and oxygen atoms in total. The van der Waals surface area contributed by atoms with Gasteiger partial charge in [-0.3, -0.25) is 9.59 Å². The number of nitrogens with one attached hydrogen (secondary N) is 2. The van der Waals surface area contributed by atoms with Crippen LogP contribution in [-0.4, -0.2) is 31.4 Å². The fourth-order valence-electron chi connectivity index (χ4n) is 3.52. The Hall–Kier alpha value is -2.66. The molecule has 0 saturated carbocycles. The van der Waals surface area contributed by atoms with Crippen molar-refractivity contribution in [3.63, 3.8) is 0 Å². The van der Waals surface area contributed by atoms with Crippen LogP contribution in [0.25, 0.3) is 0 Å². The van der Waals surface area contributed by atoms with E-state index in [2.05, 4.69) is 17.4 Å². The molecule has 1 saturated heterocycles. The molecule has 2 aromatic rings. The van der Waals surface area contributed by atoms with Crippen LogP contribution in [0.5, 0.6) is 0 Å². The smallest absolute Gasteiger partial charge is 0.279 e. The van der Waals surface area contributed by atoms with E-state index in [1.807, 2.05) is 42.5 Å². The maximum Gasteiger partial charge on any atom is 0.279 e. The number of para-hydroxylation sites is 1. The Labute approximate surface area is 154 Å². The van der Waals surface area contributed by atoms with Crippen LogP contribution in [0.3, 0.4) is 0 Å². The summed E-state index contributed by atoms with van der Waals surface area (Å²) in [5.41, 5.74) is 8.56. The SMILES string of the molecule is NC(=O)C1CC[NH+](CC(=O)Nc2ccccc2Cc2ccccc2)CC1. The molecular formula is C21H26N3O2+. The van der Waals surface area contributed by atoms with E-state index < -0.39 is 0 Å². The second-order valence-electron chi connectivity index (χ2n) is 6.97. The van der Waals surface area contributed by atoms with Gasteiger partial charge >= 0.3 is 0 Å². The normalized spacial score (nSPS) is 19.7. The van der Waals surface area contributed by atoms with Crippen LogP contribution < -0.4 is 16.0 Å². The molecule has 0 aliphatic carbocycles. The van der Waals surface area contributed by atoms with Crippen molar-refractivity contribution in [1.29, 1.82) is 0 Å². The quantitative estimate of drug-likeness (QED) is 0.725. The van der Waals surface area contributed by atoms with Gasteiger partial charge < -0.3 is 16.0 Å². The number of benzene rings is 2. The second-order valence-corrected chi connectivity index (χ2v) is 6.97. The van der Waals surface area contributed by atoms with Gasteiger partial charge in [-0.25, -0.2) is 0 Å². The number of hydrogen-bond donors (Lipinski definition) is 3. The van der Waals surface area contributed by atoms with Crippen molar-refractivity contribution in [2.75, 3.05) is 25.0 Å². The number of anilines is 1. The predicted molar refractivity (Wildman–Crippen MR) is 102 cm³/mol. The fourth-order valence-corrected chi connectivity index (χ4v) is 3.52. The zero-order valence-corrected chi connectivity index (χ0v) is 14.9. The zero-order chi connectivity index (χ0) is 18.4. The molecule has 1 aliphatic rings. The van der Waals surface area contributed by atoms with E-state index in [0.717, 1.165) is 43.6 Å². The molecule has 5 heteroatoms. The highest BCUT2D eigenvalue weighted by Crippen LogP contribution is 2.19. The van der Waals surface area contributed by atoms with Crippen molar-refractivity contribution >= 4 is 17.5 Å². The van der Waals surface area contributed by atoms with Crippen LogP contribution in [0.1, 0.15) is 24.0 Å². The van der Waals surface area contributed by atoms with Gasteiger partial charge in [0.05, 0.1) is 13.1 Å². The number of primary amides is 1. The van der Waals surface area contributed by atoms with Gasteiger partial charge in [-0.2, -0.15) is 0 Å². The third-order valence-electron chi connectivity index (χ3n) is 5.03. The lowest BCUT2D eigenvalue weighted by molar-refractivity contribution is -0.897. The Kier molecular flexibility index (Phi) is 6.02. The first-order valence-electron chi connectivity index (χ1n) is 9.16. The topological polar surface area (TPSA) is 76.6 Å². The molecule has 2 amide bonds. The van der Waals surface area contributed by atoms with E-state index in [4.69, 9.17) is 5.73 Å². The molecule has 0 spiro atoms. The summed E-state index contributed by atoms with van der Waals surface area (Å²) in [6.45, 7) is 2.05.